The molecule has 0 bridgehead atoms. The number of halogens is 1. The third-order valence-electron chi connectivity index (χ3n) is 2.55. The lowest BCUT2D eigenvalue weighted by Gasteiger charge is -2.08. The quantitative estimate of drug-likeness (QED) is 0.874. The molecule has 5 heteroatoms. The van der Waals surface area contributed by atoms with E-state index in [2.05, 4.69) is 15.3 Å². The molecule has 0 unspecified atom stereocenters. The van der Waals surface area contributed by atoms with Crippen LogP contribution in [0.1, 0.15) is 18.3 Å². The van der Waals surface area contributed by atoms with Crippen LogP contribution in [-0.4, -0.2) is 9.97 Å². The summed E-state index contributed by atoms with van der Waals surface area (Å²) in [5, 5.41) is 3.02. The second-order valence-electron chi connectivity index (χ2n) is 4.04. The summed E-state index contributed by atoms with van der Waals surface area (Å²) in [6, 6.07) is 6.56. The van der Waals surface area contributed by atoms with Crippen molar-refractivity contribution in [3.8, 4) is 0 Å². The molecule has 0 radical (unpaired) electrons. The first-order chi connectivity index (χ1) is 8.58. The van der Waals surface area contributed by atoms with Crippen LogP contribution in [0, 0.1) is 12.7 Å². The van der Waals surface area contributed by atoms with Gasteiger partial charge < -0.3 is 11.1 Å². The molecular formula is C13H15FN4. The smallest absolute Gasteiger partial charge is 0.136 e. The number of nitrogens with zero attached hydrogens (tertiary/aromatic N) is 2. The normalized spacial score (nSPS) is 10.4. The second kappa shape index (κ2) is 5.00. The fraction of sp³-hybridized carbons (Fsp3) is 0.231. The van der Waals surface area contributed by atoms with Gasteiger partial charge in [-0.3, -0.25) is 0 Å². The summed E-state index contributed by atoms with van der Waals surface area (Å²) in [6.07, 6.45) is 0.696. The molecule has 18 heavy (non-hydrogen) atoms. The Morgan fingerprint density at radius 2 is 2.06 bits per heavy atom. The van der Waals surface area contributed by atoms with Crippen LogP contribution in [0.15, 0.2) is 24.3 Å². The minimum Gasteiger partial charge on any atom is -0.384 e. The summed E-state index contributed by atoms with van der Waals surface area (Å²) in [5.41, 5.74) is 6.92. The lowest BCUT2D eigenvalue weighted by atomic mass is 10.2. The van der Waals surface area contributed by atoms with Gasteiger partial charge in [0.25, 0.3) is 0 Å². The minimum atomic E-state index is -0.252. The molecule has 4 nitrogen and oxygen atoms in total. The van der Waals surface area contributed by atoms with Gasteiger partial charge in [-0.1, -0.05) is 13.0 Å². The zero-order valence-corrected chi connectivity index (χ0v) is 10.4. The number of hydrogen-bond donors (Lipinski definition) is 2. The summed E-state index contributed by atoms with van der Waals surface area (Å²) in [6.45, 7) is 3.67. The summed E-state index contributed by atoms with van der Waals surface area (Å²) in [4.78, 5) is 8.35. The third kappa shape index (κ3) is 2.74. The van der Waals surface area contributed by atoms with Crippen LogP contribution in [0.4, 0.5) is 21.7 Å². The van der Waals surface area contributed by atoms with E-state index in [-0.39, 0.29) is 5.82 Å². The van der Waals surface area contributed by atoms with Crippen molar-refractivity contribution in [2.24, 2.45) is 0 Å². The van der Waals surface area contributed by atoms with Crippen molar-refractivity contribution >= 4 is 17.3 Å². The Labute approximate surface area is 105 Å². The van der Waals surface area contributed by atoms with Gasteiger partial charge in [-0.25, -0.2) is 14.4 Å². The number of nitrogens with two attached hydrogens (primary N) is 1. The zero-order valence-electron chi connectivity index (χ0n) is 10.4. The Hall–Kier alpha value is -2.17. The van der Waals surface area contributed by atoms with Gasteiger partial charge in [0, 0.05) is 18.2 Å². The molecule has 0 spiro atoms. The number of anilines is 3. The molecule has 1 aromatic carbocycles. The number of rotatable bonds is 3. The first kappa shape index (κ1) is 12.3. The minimum absolute atomic E-state index is 0.252. The van der Waals surface area contributed by atoms with E-state index in [0.29, 0.717) is 35.1 Å². The van der Waals surface area contributed by atoms with Crippen molar-refractivity contribution in [3.63, 3.8) is 0 Å². The number of benzene rings is 1. The van der Waals surface area contributed by atoms with Gasteiger partial charge in [-0.05, 0) is 24.6 Å². The molecule has 0 aliphatic rings. The number of aromatic nitrogens is 2. The van der Waals surface area contributed by atoms with E-state index < -0.39 is 0 Å². The first-order valence-corrected chi connectivity index (χ1v) is 5.75. The molecule has 1 aromatic heterocycles. The molecule has 0 aliphatic carbocycles. The van der Waals surface area contributed by atoms with E-state index in [1.54, 1.807) is 25.1 Å². The van der Waals surface area contributed by atoms with E-state index in [1.165, 1.54) is 6.07 Å². The highest BCUT2D eigenvalue weighted by molar-refractivity contribution is 5.58. The lowest BCUT2D eigenvalue weighted by Crippen LogP contribution is -2.03. The van der Waals surface area contributed by atoms with Gasteiger partial charge in [-0.2, -0.15) is 0 Å². The fourth-order valence-corrected chi connectivity index (χ4v) is 1.56. The van der Waals surface area contributed by atoms with Crippen LogP contribution in [0.3, 0.4) is 0 Å². The number of nitrogens with one attached hydrogen (secondary N) is 1. The van der Waals surface area contributed by atoms with Crippen LogP contribution in [0.25, 0.3) is 0 Å². The molecule has 0 amide bonds. The maximum atomic E-state index is 13.4. The molecule has 94 valence electrons. The van der Waals surface area contributed by atoms with Gasteiger partial charge >= 0.3 is 0 Å². The largest absolute Gasteiger partial charge is 0.384 e. The molecule has 0 fully saturated rings. The summed E-state index contributed by atoms with van der Waals surface area (Å²) < 4.78 is 13.4. The highest BCUT2D eigenvalue weighted by Gasteiger charge is 2.03. The SMILES string of the molecule is CCc1nc(N)cc(Nc2ccc(C)c(F)c2)n1. The Balaban J connectivity index is 2.27. The monoisotopic (exact) mass is 246 g/mol. The molecule has 0 aliphatic heterocycles. The van der Waals surface area contributed by atoms with Crippen molar-refractivity contribution in [1.29, 1.82) is 0 Å². The van der Waals surface area contributed by atoms with E-state index in [9.17, 15) is 4.39 Å². The number of aryl methyl sites for hydroxylation is 2. The standard InChI is InChI=1S/C13H15FN4/c1-3-12-17-11(15)7-13(18-12)16-9-5-4-8(2)10(14)6-9/h4-7H,3H2,1-2H3,(H3,15,16,17,18). The van der Waals surface area contributed by atoms with Crippen molar-refractivity contribution in [3.05, 3.63) is 41.5 Å². The van der Waals surface area contributed by atoms with E-state index in [4.69, 9.17) is 5.73 Å². The van der Waals surface area contributed by atoms with E-state index >= 15 is 0 Å². The van der Waals surface area contributed by atoms with Crippen molar-refractivity contribution in [2.75, 3.05) is 11.1 Å². The van der Waals surface area contributed by atoms with Crippen LogP contribution < -0.4 is 11.1 Å². The van der Waals surface area contributed by atoms with E-state index in [1.807, 2.05) is 6.92 Å². The zero-order chi connectivity index (χ0) is 13.1. The van der Waals surface area contributed by atoms with Crippen molar-refractivity contribution in [2.45, 2.75) is 20.3 Å². The maximum Gasteiger partial charge on any atom is 0.136 e. The molecule has 1 heterocycles. The Morgan fingerprint density at radius 3 is 2.72 bits per heavy atom. The summed E-state index contributed by atoms with van der Waals surface area (Å²) >= 11 is 0. The Bertz CT molecular complexity index is 569. The summed E-state index contributed by atoms with van der Waals surface area (Å²) in [5.74, 6) is 1.38. The second-order valence-corrected chi connectivity index (χ2v) is 4.04. The average molecular weight is 246 g/mol. The van der Waals surface area contributed by atoms with Crippen LogP contribution in [0.2, 0.25) is 0 Å². The van der Waals surface area contributed by atoms with Gasteiger partial charge in [0.1, 0.15) is 23.3 Å². The number of nitrogen functional groups attached to an aromatic ring is 1. The molecule has 2 rings (SSSR count). The van der Waals surface area contributed by atoms with Gasteiger partial charge in [0.05, 0.1) is 0 Å². The van der Waals surface area contributed by atoms with Crippen molar-refractivity contribution in [1.82, 2.24) is 9.97 Å². The first-order valence-electron chi connectivity index (χ1n) is 5.75. The molecule has 0 saturated carbocycles. The average Bonchev–Trinajstić information content (AvgIpc) is 2.33. The van der Waals surface area contributed by atoms with Crippen LogP contribution in [0.5, 0.6) is 0 Å². The maximum absolute atomic E-state index is 13.4. The molecule has 0 atom stereocenters. The number of hydrogen-bond acceptors (Lipinski definition) is 4. The molecule has 3 N–H and O–H groups in total. The van der Waals surface area contributed by atoms with Gasteiger partial charge in [0.2, 0.25) is 0 Å². The molecular weight excluding hydrogens is 231 g/mol. The third-order valence-corrected chi connectivity index (χ3v) is 2.55. The molecule has 0 saturated heterocycles. The van der Waals surface area contributed by atoms with Gasteiger partial charge in [0.15, 0.2) is 0 Å². The highest BCUT2D eigenvalue weighted by Crippen LogP contribution is 2.19. The van der Waals surface area contributed by atoms with Gasteiger partial charge in [-0.15, -0.1) is 0 Å². The predicted molar refractivity (Wildman–Crippen MR) is 70.2 cm³/mol. The van der Waals surface area contributed by atoms with Crippen molar-refractivity contribution < 1.29 is 4.39 Å². The summed E-state index contributed by atoms with van der Waals surface area (Å²) in [7, 11) is 0. The highest BCUT2D eigenvalue weighted by atomic mass is 19.1. The van der Waals surface area contributed by atoms with E-state index in [0.717, 1.165) is 0 Å². The molecule has 2 aromatic rings. The van der Waals surface area contributed by atoms with Crippen LogP contribution >= 0.6 is 0 Å². The predicted octanol–water partition coefficient (Wildman–Crippen LogP) is 2.81. The topological polar surface area (TPSA) is 63.8 Å². The fourth-order valence-electron chi connectivity index (χ4n) is 1.56. The van der Waals surface area contributed by atoms with Crippen LogP contribution in [-0.2, 0) is 6.42 Å². The Kier molecular flexibility index (Phi) is 3.41. The lowest BCUT2D eigenvalue weighted by molar-refractivity contribution is 0.619. The Morgan fingerprint density at radius 1 is 1.28 bits per heavy atom.